The van der Waals surface area contributed by atoms with Gasteiger partial charge in [-0.2, -0.15) is 0 Å². The van der Waals surface area contributed by atoms with E-state index in [0.29, 0.717) is 5.69 Å². The Bertz CT molecular complexity index is 631. The molecule has 1 aliphatic heterocycles. The maximum absolute atomic E-state index is 12.6. The van der Waals surface area contributed by atoms with Crippen LogP contribution in [0.2, 0.25) is 0 Å². The molecule has 0 fully saturated rings. The summed E-state index contributed by atoms with van der Waals surface area (Å²) < 4.78 is 0. The number of benzene rings is 2. The summed E-state index contributed by atoms with van der Waals surface area (Å²) in [6.07, 6.45) is 0.798. The number of amides is 1. The van der Waals surface area contributed by atoms with E-state index in [2.05, 4.69) is 12.1 Å². The van der Waals surface area contributed by atoms with Gasteiger partial charge in [0.15, 0.2) is 0 Å². The molecule has 1 unspecified atom stereocenters. The predicted octanol–water partition coefficient (Wildman–Crippen LogP) is 2.95. The summed E-state index contributed by atoms with van der Waals surface area (Å²) in [5, 5.41) is -0.0427. The summed E-state index contributed by atoms with van der Waals surface area (Å²) >= 11 is 1.65. The van der Waals surface area contributed by atoms with Gasteiger partial charge in [-0.3, -0.25) is 4.79 Å². The van der Waals surface area contributed by atoms with Crippen molar-refractivity contribution in [3.8, 4) is 0 Å². The van der Waals surface area contributed by atoms with Gasteiger partial charge >= 0.3 is 0 Å². The van der Waals surface area contributed by atoms with Crippen molar-refractivity contribution in [2.75, 3.05) is 17.7 Å². The molecule has 0 bridgehead atoms. The van der Waals surface area contributed by atoms with Gasteiger partial charge in [0, 0.05) is 23.3 Å². The molecule has 0 radical (unpaired) electrons. The summed E-state index contributed by atoms with van der Waals surface area (Å²) in [5.74, 6) is 0.122. The lowest BCUT2D eigenvalue weighted by Crippen LogP contribution is -2.34. The topological polar surface area (TPSA) is 46.3 Å². The van der Waals surface area contributed by atoms with E-state index in [1.165, 1.54) is 10.5 Å². The summed E-state index contributed by atoms with van der Waals surface area (Å²) in [6, 6.07) is 15.6. The Morgan fingerprint density at radius 2 is 2.05 bits per heavy atom. The third kappa shape index (κ3) is 2.39. The molecular weight excluding hydrogens is 268 g/mol. The van der Waals surface area contributed by atoms with Crippen LogP contribution in [-0.4, -0.2) is 18.2 Å². The Balaban J connectivity index is 1.78. The smallest absolute Gasteiger partial charge is 0.240 e. The molecule has 3 rings (SSSR count). The highest BCUT2D eigenvalue weighted by molar-refractivity contribution is 8.01. The summed E-state index contributed by atoms with van der Waals surface area (Å²) in [7, 11) is 1.81. The molecular formula is C16H16N2OS. The van der Waals surface area contributed by atoms with Gasteiger partial charge in [-0.15, -0.1) is 11.8 Å². The van der Waals surface area contributed by atoms with Crippen molar-refractivity contribution in [2.24, 2.45) is 0 Å². The number of carbonyl (C=O) groups excluding carboxylic acids is 1. The lowest BCUT2D eigenvalue weighted by molar-refractivity contribution is -0.117. The van der Waals surface area contributed by atoms with E-state index in [1.54, 1.807) is 23.7 Å². The van der Waals surface area contributed by atoms with Crippen molar-refractivity contribution in [3.05, 3.63) is 54.1 Å². The first-order valence-electron chi connectivity index (χ1n) is 6.53. The van der Waals surface area contributed by atoms with E-state index in [4.69, 9.17) is 5.73 Å². The van der Waals surface area contributed by atoms with E-state index in [1.807, 2.05) is 36.4 Å². The second kappa shape index (κ2) is 5.21. The molecule has 0 aliphatic carbocycles. The highest BCUT2D eigenvalue weighted by Gasteiger charge is 2.30. The number of hydrogen-bond acceptors (Lipinski definition) is 3. The van der Waals surface area contributed by atoms with Gasteiger partial charge in [0.05, 0.1) is 5.25 Å². The van der Waals surface area contributed by atoms with E-state index in [-0.39, 0.29) is 11.2 Å². The average molecular weight is 284 g/mol. The predicted molar refractivity (Wildman–Crippen MR) is 84.1 cm³/mol. The number of thioether (sulfide) groups is 1. The Morgan fingerprint density at radius 1 is 1.25 bits per heavy atom. The fraction of sp³-hybridized carbons (Fsp3) is 0.188. The number of rotatable bonds is 2. The number of fused-ring (bicyclic) bond motifs is 1. The van der Waals surface area contributed by atoms with E-state index < -0.39 is 0 Å². The van der Waals surface area contributed by atoms with Crippen LogP contribution >= 0.6 is 11.8 Å². The molecule has 3 nitrogen and oxygen atoms in total. The second-order valence-corrected chi connectivity index (χ2v) is 6.16. The van der Waals surface area contributed by atoms with Crippen LogP contribution in [0.4, 0.5) is 11.4 Å². The molecule has 0 saturated heterocycles. The molecule has 1 amide bonds. The van der Waals surface area contributed by atoms with Crippen LogP contribution in [0.3, 0.4) is 0 Å². The normalized spacial score (nSPS) is 16.8. The molecule has 1 atom stereocenters. The zero-order valence-electron chi connectivity index (χ0n) is 11.2. The maximum Gasteiger partial charge on any atom is 0.240 e. The average Bonchev–Trinajstić information content (AvgIpc) is 2.89. The zero-order valence-corrected chi connectivity index (χ0v) is 12.1. The minimum absolute atomic E-state index is 0.0427. The number of nitrogens with two attached hydrogens (primary N) is 1. The van der Waals surface area contributed by atoms with Crippen LogP contribution in [0.15, 0.2) is 53.4 Å². The third-order valence-corrected chi connectivity index (χ3v) is 4.82. The lowest BCUT2D eigenvalue weighted by Gasteiger charge is -2.21. The summed E-state index contributed by atoms with van der Waals surface area (Å²) in [4.78, 5) is 15.5. The molecule has 2 N–H and O–H groups in total. The van der Waals surface area contributed by atoms with Gasteiger partial charge < -0.3 is 10.6 Å². The van der Waals surface area contributed by atoms with Gasteiger partial charge in [0.2, 0.25) is 5.91 Å². The third-order valence-electron chi connectivity index (χ3n) is 3.51. The molecule has 1 heterocycles. The van der Waals surface area contributed by atoms with Gasteiger partial charge in [0.25, 0.3) is 0 Å². The zero-order chi connectivity index (χ0) is 14.1. The van der Waals surface area contributed by atoms with Crippen LogP contribution in [-0.2, 0) is 11.2 Å². The van der Waals surface area contributed by atoms with E-state index in [0.717, 1.165) is 12.1 Å². The first kappa shape index (κ1) is 13.1. The molecule has 0 aromatic heterocycles. The van der Waals surface area contributed by atoms with Crippen molar-refractivity contribution in [1.82, 2.24) is 0 Å². The van der Waals surface area contributed by atoms with E-state index >= 15 is 0 Å². The molecule has 0 saturated carbocycles. The van der Waals surface area contributed by atoms with Crippen LogP contribution < -0.4 is 10.6 Å². The van der Waals surface area contributed by atoms with Crippen molar-refractivity contribution >= 4 is 29.0 Å². The number of nitrogens with zero attached hydrogens (tertiary/aromatic N) is 1. The number of hydrogen-bond donors (Lipinski definition) is 1. The Kier molecular flexibility index (Phi) is 3.40. The van der Waals surface area contributed by atoms with Gasteiger partial charge in [-0.1, -0.05) is 24.3 Å². The maximum atomic E-state index is 12.6. The lowest BCUT2D eigenvalue weighted by atomic mass is 10.1. The van der Waals surface area contributed by atoms with Crippen molar-refractivity contribution in [1.29, 1.82) is 0 Å². The van der Waals surface area contributed by atoms with Gasteiger partial charge in [-0.05, 0) is 36.2 Å². The molecule has 2 aromatic rings. The monoisotopic (exact) mass is 284 g/mol. The highest BCUT2D eigenvalue weighted by atomic mass is 32.2. The molecule has 1 aliphatic rings. The molecule has 4 heteroatoms. The van der Waals surface area contributed by atoms with E-state index in [9.17, 15) is 4.79 Å². The molecule has 2 aromatic carbocycles. The minimum atomic E-state index is -0.0427. The van der Waals surface area contributed by atoms with Crippen molar-refractivity contribution in [3.63, 3.8) is 0 Å². The molecule has 20 heavy (non-hydrogen) atoms. The number of carbonyl (C=O) groups is 1. The Labute approximate surface area is 122 Å². The SMILES string of the molecule is CN(C(=O)C1Cc2ccccc2S1)c1cccc(N)c1. The molecule has 0 spiro atoms. The van der Waals surface area contributed by atoms with Crippen LogP contribution in [0.5, 0.6) is 0 Å². The largest absolute Gasteiger partial charge is 0.399 e. The summed E-state index contributed by atoms with van der Waals surface area (Å²) in [6.45, 7) is 0. The van der Waals surface area contributed by atoms with Gasteiger partial charge in [-0.25, -0.2) is 0 Å². The first-order chi connectivity index (χ1) is 9.65. The van der Waals surface area contributed by atoms with Crippen LogP contribution in [0.25, 0.3) is 0 Å². The fourth-order valence-electron chi connectivity index (χ4n) is 2.40. The summed E-state index contributed by atoms with van der Waals surface area (Å²) in [5.41, 5.74) is 8.55. The van der Waals surface area contributed by atoms with Crippen molar-refractivity contribution < 1.29 is 4.79 Å². The Morgan fingerprint density at radius 3 is 2.80 bits per heavy atom. The van der Waals surface area contributed by atoms with Crippen molar-refractivity contribution in [2.45, 2.75) is 16.6 Å². The molecule has 102 valence electrons. The van der Waals surface area contributed by atoms with Crippen LogP contribution in [0, 0.1) is 0 Å². The quantitative estimate of drug-likeness (QED) is 0.862. The number of anilines is 2. The Hall–Kier alpha value is -1.94. The van der Waals surface area contributed by atoms with Crippen LogP contribution in [0.1, 0.15) is 5.56 Å². The highest BCUT2D eigenvalue weighted by Crippen LogP contribution is 2.38. The first-order valence-corrected chi connectivity index (χ1v) is 7.41. The number of nitrogen functional groups attached to an aromatic ring is 1. The van der Waals surface area contributed by atoms with Gasteiger partial charge in [0.1, 0.15) is 0 Å². The minimum Gasteiger partial charge on any atom is -0.399 e. The second-order valence-electron chi connectivity index (χ2n) is 4.91. The standard InChI is InChI=1S/C16H16N2OS/c1-18(13-7-4-6-12(17)10-13)16(19)15-9-11-5-2-3-8-14(11)20-15/h2-8,10,15H,9,17H2,1H3. The fourth-order valence-corrected chi connectivity index (χ4v) is 3.68.